The van der Waals surface area contributed by atoms with Gasteiger partial charge in [0, 0.05) is 6.10 Å². The van der Waals surface area contributed by atoms with E-state index in [1.807, 2.05) is 0 Å². The van der Waals surface area contributed by atoms with Crippen LogP contribution in [0.1, 0.15) is 13.8 Å². The summed E-state index contributed by atoms with van der Waals surface area (Å²) in [7, 11) is 0. The van der Waals surface area contributed by atoms with Crippen LogP contribution in [0.2, 0.25) is 0 Å². The standard InChI is InChI=1S/C3H8O.K.H2O/c1-3(2)4;;/h3-4H,1-2H3;;1H2/q;+1;/p-1. The van der Waals surface area contributed by atoms with Crippen LogP contribution in [-0.2, 0) is 0 Å². The fourth-order valence-corrected chi connectivity index (χ4v) is 0. The van der Waals surface area contributed by atoms with Crippen LogP contribution in [0.5, 0.6) is 0 Å². The van der Waals surface area contributed by atoms with Gasteiger partial charge in [0.05, 0.1) is 0 Å². The third-order valence-electron chi connectivity index (χ3n) is 0. The smallest absolute Gasteiger partial charge is 0.870 e. The molecule has 0 heterocycles. The maximum atomic E-state index is 8.06. The van der Waals surface area contributed by atoms with Gasteiger partial charge >= 0.3 is 51.4 Å². The van der Waals surface area contributed by atoms with Gasteiger partial charge in [-0.1, -0.05) is 0 Å². The molecule has 6 heavy (non-hydrogen) atoms. The zero-order chi connectivity index (χ0) is 3.58. The molecule has 34 valence electrons. The Labute approximate surface area is 80.7 Å². The second-order valence-electron chi connectivity index (χ2n) is 1.09. The molecule has 0 aliphatic rings. The van der Waals surface area contributed by atoms with Crippen LogP contribution in [0.15, 0.2) is 0 Å². The molecule has 0 saturated carbocycles. The molecule has 2 N–H and O–H groups in total. The van der Waals surface area contributed by atoms with Crippen molar-refractivity contribution in [2.24, 2.45) is 0 Å². The molecule has 0 saturated heterocycles. The molecule has 0 aromatic rings. The zero-order valence-corrected chi connectivity index (χ0v) is 7.59. The average Bonchev–Trinajstić information content (AvgIpc) is 0.811. The van der Waals surface area contributed by atoms with Gasteiger partial charge in [-0.2, -0.15) is 0 Å². The minimum absolute atomic E-state index is 0. The van der Waals surface area contributed by atoms with Crippen LogP contribution >= 0.6 is 0 Å². The fraction of sp³-hybridized carbons (Fsp3) is 1.00. The number of hydrogen-bond donors (Lipinski definition) is 1. The Hall–Kier alpha value is 1.56. The fourth-order valence-electron chi connectivity index (χ4n) is 0. The number of rotatable bonds is 0. The van der Waals surface area contributed by atoms with Gasteiger partial charge in [-0.05, 0) is 13.8 Å². The van der Waals surface area contributed by atoms with Crippen LogP contribution in [-0.4, -0.2) is 16.7 Å². The van der Waals surface area contributed by atoms with Crippen molar-refractivity contribution in [3.63, 3.8) is 0 Å². The molecule has 0 rings (SSSR count). The second-order valence-corrected chi connectivity index (χ2v) is 1.09. The van der Waals surface area contributed by atoms with Gasteiger partial charge < -0.3 is 10.6 Å². The Morgan fingerprint density at radius 1 is 1.33 bits per heavy atom. The van der Waals surface area contributed by atoms with E-state index < -0.39 is 0 Å². The number of aliphatic hydroxyl groups is 1. The van der Waals surface area contributed by atoms with Crippen molar-refractivity contribution in [3.05, 3.63) is 0 Å². The first-order valence-electron chi connectivity index (χ1n) is 1.41. The molecule has 0 bridgehead atoms. The van der Waals surface area contributed by atoms with E-state index in [1.165, 1.54) is 0 Å². The largest absolute Gasteiger partial charge is 1.00 e. The summed E-state index contributed by atoms with van der Waals surface area (Å²) >= 11 is 0. The number of hydrogen-bond acceptors (Lipinski definition) is 2. The van der Waals surface area contributed by atoms with E-state index in [2.05, 4.69) is 0 Å². The zero-order valence-electron chi connectivity index (χ0n) is 4.47. The third-order valence-corrected chi connectivity index (χ3v) is 0. The Morgan fingerprint density at radius 2 is 1.33 bits per heavy atom. The predicted molar refractivity (Wildman–Crippen MR) is 19.3 cm³/mol. The Morgan fingerprint density at radius 3 is 1.33 bits per heavy atom. The van der Waals surface area contributed by atoms with Gasteiger partial charge in [0.2, 0.25) is 0 Å². The molecular weight excluding hydrogens is 107 g/mol. The minimum Gasteiger partial charge on any atom is -0.870 e. The molecule has 0 atom stereocenters. The van der Waals surface area contributed by atoms with Crippen LogP contribution in [0.3, 0.4) is 0 Å². The van der Waals surface area contributed by atoms with Crippen LogP contribution in [0, 0.1) is 0 Å². The maximum absolute atomic E-state index is 8.06. The molecule has 0 amide bonds. The third kappa shape index (κ3) is 47.6. The summed E-state index contributed by atoms with van der Waals surface area (Å²) < 4.78 is 0. The van der Waals surface area contributed by atoms with Crippen molar-refractivity contribution < 1.29 is 62.0 Å². The Bertz CT molecular complexity index is 13.5. The topological polar surface area (TPSA) is 50.2 Å². The molecule has 3 heteroatoms. The molecule has 0 aliphatic heterocycles. The summed E-state index contributed by atoms with van der Waals surface area (Å²) in [5.74, 6) is 0. The SMILES string of the molecule is CC(C)O.[K+].[OH-]. The van der Waals surface area contributed by atoms with Gasteiger partial charge in [0.25, 0.3) is 0 Å². The van der Waals surface area contributed by atoms with Crippen LogP contribution in [0.4, 0.5) is 0 Å². The van der Waals surface area contributed by atoms with Gasteiger partial charge in [-0.15, -0.1) is 0 Å². The van der Waals surface area contributed by atoms with E-state index in [9.17, 15) is 0 Å². The van der Waals surface area contributed by atoms with E-state index in [0.717, 1.165) is 0 Å². The summed E-state index contributed by atoms with van der Waals surface area (Å²) in [6, 6.07) is 0. The van der Waals surface area contributed by atoms with Crippen molar-refractivity contribution in [2.75, 3.05) is 0 Å². The summed E-state index contributed by atoms with van der Waals surface area (Å²) in [6.07, 6.45) is -0.167. The first kappa shape index (κ1) is 15.6. The molecule has 0 aliphatic carbocycles. The van der Waals surface area contributed by atoms with Crippen molar-refractivity contribution in [2.45, 2.75) is 20.0 Å². The van der Waals surface area contributed by atoms with E-state index in [-0.39, 0.29) is 63.0 Å². The van der Waals surface area contributed by atoms with E-state index >= 15 is 0 Å². The van der Waals surface area contributed by atoms with Crippen LogP contribution < -0.4 is 51.4 Å². The molecule has 0 aromatic heterocycles. The summed E-state index contributed by atoms with van der Waals surface area (Å²) in [5.41, 5.74) is 0. The van der Waals surface area contributed by atoms with Gasteiger partial charge in [-0.3, -0.25) is 0 Å². The van der Waals surface area contributed by atoms with Crippen molar-refractivity contribution in [1.82, 2.24) is 0 Å². The predicted octanol–water partition coefficient (Wildman–Crippen LogP) is -2.79. The molecule has 0 aromatic carbocycles. The first-order valence-corrected chi connectivity index (χ1v) is 1.41. The van der Waals surface area contributed by atoms with E-state index in [1.54, 1.807) is 13.8 Å². The van der Waals surface area contributed by atoms with Crippen molar-refractivity contribution in [3.8, 4) is 0 Å². The van der Waals surface area contributed by atoms with Gasteiger partial charge in [0.15, 0.2) is 0 Å². The molecule has 0 unspecified atom stereocenters. The second kappa shape index (κ2) is 9.75. The summed E-state index contributed by atoms with van der Waals surface area (Å²) in [4.78, 5) is 0. The molecule has 0 fully saturated rings. The van der Waals surface area contributed by atoms with Crippen LogP contribution in [0.25, 0.3) is 0 Å². The van der Waals surface area contributed by atoms with Gasteiger partial charge in [0.1, 0.15) is 0 Å². The Kier molecular flexibility index (Phi) is 25.4. The minimum atomic E-state index is -0.167. The molecular formula is C3H9KO2. The van der Waals surface area contributed by atoms with E-state index in [4.69, 9.17) is 5.11 Å². The monoisotopic (exact) mass is 116 g/mol. The Balaban J connectivity index is -0.0000000450. The summed E-state index contributed by atoms with van der Waals surface area (Å²) in [5, 5.41) is 8.06. The van der Waals surface area contributed by atoms with Gasteiger partial charge in [-0.25, -0.2) is 0 Å². The van der Waals surface area contributed by atoms with Crippen molar-refractivity contribution in [1.29, 1.82) is 0 Å². The first-order chi connectivity index (χ1) is 1.73. The molecule has 0 spiro atoms. The van der Waals surface area contributed by atoms with Crippen molar-refractivity contribution >= 4 is 0 Å². The summed E-state index contributed by atoms with van der Waals surface area (Å²) in [6.45, 7) is 3.44. The molecule has 0 radical (unpaired) electrons. The average molecular weight is 116 g/mol. The molecule has 2 nitrogen and oxygen atoms in total. The van der Waals surface area contributed by atoms with E-state index in [0.29, 0.717) is 0 Å². The quantitative estimate of drug-likeness (QED) is 0.348. The normalized spacial score (nSPS) is 6.00. The maximum Gasteiger partial charge on any atom is 1.00 e. The number of aliphatic hydroxyl groups excluding tert-OH is 1.